The molecule has 6 heteroatoms. The maximum atomic E-state index is 14.1. The zero-order valence-electron chi connectivity index (χ0n) is 12.5. The maximum Gasteiger partial charge on any atom is 0.174 e. The molecule has 0 spiro atoms. The molecule has 0 aliphatic rings. The van der Waals surface area contributed by atoms with Crippen molar-refractivity contribution in [2.75, 3.05) is 6.54 Å². The Labute approximate surface area is 133 Å². The molecule has 1 heterocycles. The van der Waals surface area contributed by atoms with Crippen LogP contribution in [0.4, 0.5) is 4.39 Å². The molecule has 0 aliphatic heterocycles. The third kappa shape index (κ3) is 4.76. The summed E-state index contributed by atoms with van der Waals surface area (Å²) in [4.78, 5) is 5.04. The summed E-state index contributed by atoms with van der Waals surface area (Å²) in [5.41, 5.74) is 0.967. The summed E-state index contributed by atoms with van der Waals surface area (Å²) in [5.74, 6) is 1.19. The van der Waals surface area contributed by atoms with Crippen LogP contribution in [0.25, 0.3) is 0 Å². The Morgan fingerprint density at radius 3 is 2.86 bits per heavy atom. The number of rotatable bonds is 7. The van der Waals surface area contributed by atoms with E-state index in [9.17, 15) is 4.39 Å². The summed E-state index contributed by atoms with van der Waals surface area (Å²) in [5, 5.41) is 3.36. The highest BCUT2D eigenvalue weighted by molar-refractivity contribution is 8.01. The van der Waals surface area contributed by atoms with Crippen molar-refractivity contribution < 1.29 is 4.39 Å². The Hall–Kier alpha value is -0.980. The molecule has 0 aliphatic carbocycles. The average molecular weight is 325 g/mol. The molecule has 0 bridgehead atoms. The van der Waals surface area contributed by atoms with E-state index in [1.54, 1.807) is 6.07 Å². The molecule has 2 rings (SSSR count). The maximum absolute atomic E-state index is 14.1. The molecule has 0 saturated carbocycles. The molecule has 0 fully saturated rings. The van der Waals surface area contributed by atoms with Crippen LogP contribution in [0.2, 0.25) is 0 Å². The van der Waals surface area contributed by atoms with Crippen molar-refractivity contribution in [1.29, 1.82) is 0 Å². The first kappa shape index (κ1) is 16.4. The minimum atomic E-state index is -0.197. The van der Waals surface area contributed by atoms with Crippen molar-refractivity contribution in [2.45, 2.75) is 43.0 Å². The van der Waals surface area contributed by atoms with Crippen molar-refractivity contribution in [2.24, 2.45) is 5.92 Å². The van der Waals surface area contributed by atoms with Gasteiger partial charge >= 0.3 is 0 Å². The first-order valence-corrected chi connectivity index (χ1v) is 8.67. The van der Waals surface area contributed by atoms with Gasteiger partial charge in [0.25, 0.3) is 0 Å². The molecule has 1 aromatic heterocycles. The van der Waals surface area contributed by atoms with Crippen LogP contribution >= 0.6 is 23.3 Å². The zero-order valence-corrected chi connectivity index (χ0v) is 14.2. The van der Waals surface area contributed by atoms with Gasteiger partial charge in [-0.2, -0.15) is 4.37 Å². The second kappa shape index (κ2) is 7.87. The molecule has 0 amide bonds. The monoisotopic (exact) mass is 325 g/mol. The first-order chi connectivity index (χ1) is 10.1. The van der Waals surface area contributed by atoms with Crippen LogP contribution in [0.15, 0.2) is 27.4 Å². The molecule has 0 radical (unpaired) electrons. The van der Waals surface area contributed by atoms with Gasteiger partial charge in [-0.15, -0.1) is 0 Å². The van der Waals surface area contributed by atoms with E-state index in [0.717, 1.165) is 28.7 Å². The Kier molecular flexibility index (Phi) is 6.14. The minimum absolute atomic E-state index is 0.197. The number of hydrogen-bond donors (Lipinski definition) is 1. The first-order valence-electron chi connectivity index (χ1n) is 7.08. The van der Waals surface area contributed by atoms with E-state index in [2.05, 4.69) is 28.5 Å². The molecule has 3 nitrogen and oxygen atoms in total. The van der Waals surface area contributed by atoms with Crippen LogP contribution in [0.1, 0.15) is 32.2 Å². The van der Waals surface area contributed by atoms with Gasteiger partial charge in [0.1, 0.15) is 11.6 Å². The lowest BCUT2D eigenvalue weighted by Crippen LogP contribution is -2.19. The van der Waals surface area contributed by atoms with E-state index < -0.39 is 0 Å². The van der Waals surface area contributed by atoms with E-state index in [1.807, 2.05) is 13.0 Å². The summed E-state index contributed by atoms with van der Waals surface area (Å²) in [6.45, 7) is 7.90. The lowest BCUT2D eigenvalue weighted by atomic mass is 10.2. The summed E-state index contributed by atoms with van der Waals surface area (Å²) in [6, 6.07) is 5.21. The predicted molar refractivity (Wildman–Crippen MR) is 86.4 cm³/mol. The smallest absolute Gasteiger partial charge is 0.174 e. The molecular weight excluding hydrogens is 305 g/mol. The van der Waals surface area contributed by atoms with E-state index in [4.69, 9.17) is 0 Å². The second-order valence-electron chi connectivity index (χ2n) is 5.18. The van der Waals surface area contributed by atoms with Crippen LogP contribution in [0, 0.1) is 11.7 Å². The Balaban J connectivity index is 2.13. The lowest BCUT2D eigenvalue weighted by Gasteiger charge is -2.11. The Morgan fingerprint density at radius 2 is 2.19 bits per heavy atom. The third-order valence-corrected chi connectivity index (χ3v) is 4.82. The van der Waals surface area contributed by atoms with Crippen LogP contribution in [-0.2, 0) is 13.0 Å². The van der Waals surface area contributed by atoms with Gasteiger partial charge < -0.3 is 5.32 Å². The normalized spacial score (nSPS) is 11.3. The number of aromatic nitrogens is 2. The number of nitrogens with zero attached hydrogens (tertiary/aromatic N) is 2. The second-order valence-corrected chi connectivity index (χ2v) is 7.19. The van der Waals surface area contributed by atoms with Crippen LogP contribution < -0.4 is 5.32 Å². The van der Waals surface area contributed by atoms with Gasteiger partial charge in [-0.25, -0.2) is 9.37 Å². The Bertz CT molecular complexity index is 584. The molecule has 0 atom stereocenters. The minimum Gasteiger partial charge on any atom is -0.312 e. The van der Waals surface area contributed by atoms with Gasteiger partial charge in [0.15, 0.2) is 4.34 Å². The highest BCUT2D eigenvalue weighted by Gasteiger charge is 2.13. The molecule has 114 valence electrons. The van der Waals surface area contributed by atoms with Crippen LogP contribution in [0.3, 0.4) is 0 Å². The lowest BCUT2D eigenvalue weighted by molar-refractivity contribution is 0.543. The average Bonchev–Trinajstić information content (AvgIpc) is 2.90. The SMILES string of the molecule is CCc1nsc(Sc2c(F)cccc2CNCC(C)C)n1. The van der Waals surface area contributed by atoms with E-state index in [-0.39, 0.29) is 5.82 Å². The molecule has 1 aromatic carbocycles. The summed E-state index contributed by atoms with van der Waals surface area (Å²) in [7, 11) is 0. The van der Waals surface area contributed by atoms with Crippen molar-refractivity contribution in [3.8, 4) is 0 Å². The van der Waals surface area contributed by atoms with Crippen molar-refractivity contribution in [3.63, 3.8) is 0 Å². The third-order valence-electron chi connectivity index (χ3n) is 2.87. The number of aryl methyl sites for hydroxylation is 1. The van der Waals surface area contributed by atoms with Gasteiger partial charge in [0.2, 0.25) is 0 Å². The van der Waals surface area contributed by atoms with Crippen molar-refractivity contribution in [3.05, 3.63) is 35.4 Å². The van der Waals surface area contributed by atoms with E-state index in [1.165, 1.54) is 29.4 Å². The highest BCUT2D eigenvalue weighted by atomic mass is 32.2. The van der Waals surface area contributed by atoms with Gasteiger partial charge in [-0.05, 0) is 35.6 Å². The van der Waals surface area contributed by atoms with Crippen molar-refractivity contribution >= 4 is 23.3 Å². The number of hydrogen-bond acceptors (Lipinski definition) is 5. The van der Waals surface area contributed by atoms with Gasteiger partial charge in [-0.3, -0.25) is 0 Å². The summed E-state index contributed by atoms with van der Waals surface area (Å²) >= 11 is 2.70. The van der Waals surface area contributed by atoms with Gasteiger partial charge in [0.05, 0.1) is 4.90 Å². The quantitative estimate of drug-likeness (QED) is 0.830. The van der Waals surface area contributed by atoms with Gasteiger partial charge in [-0.1, -0.05) is 44.7 Å². The molecule has 1 N–H and O–H groups in total. The molecular formula is C15H20FN3S2. The predicted octanol–water partition coefficient (Wildman–Crippen LogP) is 4.14. The van der Waals surface area contributed by atoms with E-state index in [0.29, 0.717) is 17.4 Å². The summed E-state index contributed by atoms with van der Waals surface area (Å²) < 4.78 is 19.2. The molecule has 0 saturated heterocycles. The molecule has 2 aromatic rings. The fourth-order valence-corrected chi connectivity index (χ4v) is 3.59. The van der Waals surface area contributed by atoms with Gasteiger partial charge in [0, 0.05) is 13.0 Å². The number of halogens is 1. The summed E-state index contributed by atoms with van der Waals surface area (Å²) in [6.07, 6.45) is 0.803. The van der Waals surface area contributed by atoms with Crippen LogP contribution in [-0.4, -0.2) is 15.9 Å². The zero-order chi connectivity index (χ0) is 15.2. The number of nitrogens with one attached hydrogen (secondary N) is 1. The number of benzene rings is 1. The molecule has 21 heavy (non-hydrogen) atoms. The topological polar surface area (TPSA) is 37.8 Å². The fraction of sp³-hybridized carbons (Fsp3) is 0.467. The Morgan fingerprint density at radius 1 is 1.38 bits per heavy atom. The standard InChI is InChI=1S/C15H20FN3S2/c1-4-13-18-15(21-19-13)20-14-11(6-5-7-12(14)16)9-17-8-10(2)3/h5-7,10,17H,4,8-9H2,1-3H3. The highest BCUT2D eigenvalue weighted by Crippen LogP contribution is 2.33. The van der Waals surface area contributed by atoms with Crippen LogP contribution in [0.5, 0.6) is 0 Å². The largest absolute Gasteiger partial charge is 0.312 e. The van der Waals surface area contributed by atoms with E-state index >= 15 is 0 Å². The molecule has 0 unspecified atom stereocenters. The van der Waals surface area contributed by atoms with Crippen molar-refractivity contribution in [1.82, 2.24) is 14.7 Å². The fourth-order valence-electron chi connectivity index (χ4n) is 1.81.